The molecule has 0 atom stereocenters. The quantitative estimate of drug-likeness (QED) is 0.882. The van der Waals surface area contributed by atoms with Gasteiger partial charge in [0, 0.05) is 31.2 Å². The molecule has 0 aliphatic heterocycles. The minimum absolute atomic E-state index is 0.160. The predicted octanol–water partition coefficient (Wildman–Crippen LogP) is 1.46. The summed E-state index contributed by atoms with van der Waals surface area (Å²) in [5.74, 6) is -0.110. The number of carboxylic acid groups (broad SMARTS) is 1. The Bertz CT molecular complexity index is 569. The van der Waals surface area contributed by atoms with Gasteiger partial charge >= 0.3 is 5.97 Å². The number of carboxylic acids is 1. The molecule has 1 saturated carbocycles. The van der Waals surface area contributed by atoms with Gasteiger partial charge in [0.15, 0.2) is 0 Å². The van der Waals surface area contributed by atoms with Crippen LogP contribution < -0.4 is 5.32 Å². The molecule has 20 heavy (non-hydrogen) atoms. The van der Waals surface area contributed by atoms with Crippen LogP contribution in [-0.4, -0.2) is 31.5 Å². The number of fused-ring (bicyclic) bond motifs is 1. The molecule has 0 amide bonds. The molecule has 2 aromatic heterocycles. The lowest BCUT2D eigenvalue weighted by atomic mass is 9.86. The van der Waals surface area contributed by atoms with E-state index in [1.807, 2.05) is 22.9 Å². The molecule has 0 unspecified atom stereocenters. The number of imidazole rings is 1. The number of aromatic nitrogens is 3. The number of hydrogen-bond acceptors (Lipinski definition) is 4. The van der Waals surface area contributed by atoms with E-state index in [1.165, 1.54) is 0 Å². The highest BCUT2D eigenvalue weighted by atomic mass is 16.4. The fourth-order valence-corrected chi connectivity index (χ4v) is 2.76. The van der Waals surface area contributed by atoms with Crippen molar-refractivity contribution in [3.63, 3.8) is 0 Å². The molecule has 3 rings (SSSR count). The average Bonchev–Trinajstić information content (AvgIpc) is 2.88. The third-order valence-electron chi connectivity index (χ3n) is 3.93. The second-order valence-electron chi connectivity index (χ2n) is 5.33. The van der Waals surface area contributed by atoms with Gasteiger partial charge < -0.3 is 10.4 Å². The van der Waals surface area contributed by atoms with Gasteiger partial charge in [0.05, 0.1) is 11.6 Å². The monoisotopic (exact) mass is 274 g/mol. The lowest BCUT2D eigenvalue weighted by Gasteiger charge is -2.26. The van der Waals surface area contributed by atoms with E-state index in [1.54, 1.807) is 6.20 Å². The average molecular weight is 274 g/mol. The van der Waals surface area contributed by atoms with Crippen LogP contribution in [0.4, 0.5) is 0 Å². The smallest absolute Gasteiger partial charge is 0.306 e. The predicted molar refractivity (Wildman–Crippen MR) is 73.2 cm³/mol. The molecule has 2 N–H and O–H groups in total. The van der Waals surface area contributed by atoms with E-state index in [2.05, 4.69) is 15.3 Å². The summed E-state index contributed by atoms with van der Waals surface area (Å²) in [6.07, 6.45) is 8.99. The number of hydrogen-bond donors (Lipinski definition) is 2. The Balaban J connectivity index is 1.54. The molecular formula is C14H18N4O2. The second-order valence-corrected chi connectivity index (χ2v) is 5.33. The number of carbonyl (C=O) groups is 1. The molecule has 106 valence electrons. The first-order valence-corrected chi connectivity index (χ1v) is 6.97. The zero-order chi connectivity index (χ0) is 13.9. The zero-order valence-electron chi connectivity index (χ0n) is 11.2. The molecule has 6 heteroatoms. The Morgan fingerprint density at radius 3 is 2.90 bits per heavy atom. The van der Waals surface area contributed by atoms with E-state index in [4.69, 9.17) is 5.11 Å². The van der Waals surface area contributed by atoms with Crippen LogP contribution in [0.5, 0.6) is 0 Å². The van der Waals surface area contributed by atoms with Gasteiger partial charge in [0.1, 0.15) is 0 Å². The van der Waals surface area contributed by atoms with Crippen LogP contribution in [0.2, 0.25) is 0 Å². The molecule has 0 saturated heterocycles. The molecule has 1 aliphatic rings. The summed E-state index contributed by atoms with van der Waals surface area (Å²) in [7, 11) is 0. The normalized spacial score (nSPS) is 23.0. The van der Waals surface area contributed by atoms with E-state index in [0.29, 0.717) is 18.4 Å². The van der Waals surface area contributed by atoms with Crippen molar-refractivity contribution in [2.75, 3.05) is 0 Å². The number of rotatable bonds is 4. The molecular weight excluding hydrogens is 256 g/mol. The number of nitrogens with zero attached hydrogens (tertiary/aromatic N) is 3. The molecule has 0 aromatic carbocycles. The number of nitrogens with one attached hydrogen (secondary N) is 1. The molecule has 0 radical (unpaired) electrons. The van der Waals surface area contributed by atoms with Gasteiger partial charge in [0.2, 0.25) is 5.78 Å². The maximum absolute atomic E-state index is 10.9. The summed E-state index contributed by atoms with van der Waals surface area (Å²) in [4.78, 5) is 19.5. The fraction of sp³-hybridized carbons (Fsp3) is 0.500. The number of aliphatic carboxylic acids is 1. The Labute approximate surface area is 116 Å². The standard InChI is InChI=1S/C14H18N4O2/c19-13(20)10-2-4-11(5-3-10)16-8-12-9-18-7-1-6-15-14(18)17-12/h1,6-7,9-11,16H,2-5,8H2,(H,19,20). The largest absolute Gasteiger partial charge is 0.481 e. The first-order valence-electron chi connectivity index (χ1n) is 6.97. The van der Waals surface area contributed by atoms with Crippen LogP contribution in [0.1, 0.15) is 31.4 Å². The van der Waals surface area contributed by atoms with E-state index >= 15 is 0 Å². The molecule has 0 bridgehead atoms. The second kappa shape index (κ2) is 5.58. The highest BCUT2D eigenvalue weighted by molar-refractivity contribution is 5.70. The van der Waals surface area contributed by atoms with Crippen molar-refractivity contribution >= 4 is 11.7 Å². The van der Waals surface area contributed by atoms with Crippen molar-refractivity contribution in [1.82, 2.24) is 19.7 Å². The lowest BCUT2D eigenvalue weighted by Crippen LogP contribution is -2.34. The van der Waals surface area contributed by atoms with E-state index in [0.717, 1.165) is 31.4 Å². The van der Waals surface area contributed by atoms with Gasteiger partial charge in [-0.1, -0.05) is 0 Å². The topological polar surface area (TPSA) is 79.5 Å². The third kappa shape index (κ3) is 2.80. The SMILES string of the molecule is O=C(O)C1CCC(NCc2cn3cccnc3n2)CC1. The maximum Gasteiger partial charge on any atom is 0.306 e. The van der Waals surface area contributed by atoms with Crippen molar-refractivity contribution in [2.24, 2.45) is 5.92 Å². The van der Waals surface area contributed by atoms with Crippen molar-refractivity contribution in [3.8, 4) is 0 Å². The van der Waals surface area contributed by atoms with Crippen LogP contribution in [-0.2, 0) is 11.3 Å². The first-order chi connectivity index (χ1) is 9.72. The van der Waals surface area contributed by atoms with Crippen molar-refractivity contribution in [2.45, 2.75) is 38.3 Å². The Morgan fingerprint density at radius 2 is 2.20 bits per heavy atom. The van der Waals surface area contributed by atoms with Gasteiger partial charge in [-0.3, -0.25) is 9.20 Å². The van der Waals surface area contributed by atoms with Gasteiger partial charge in [-0.25, -0.2) is 9.97 Å². The molecule has 1 fully saturated rings. The van der Waals surface area contributed by atoms with E-state index in [9.17, 15) is 4.79 Å². The zero-order valence-corrected chi connectivity index (χ0v) is 11.2. The van der Waals surface area contributed by atoms with Crippen LogP contribution in [0.25, 0.3) is 5.78 Å². The van der Waals surface area contributed by atoms with Crippen LogP contribution in [0.15, 0.2) is 24.7 Å². The summed E-state index contributed by atoms with van der Waals surface area (Å²) in [5.41, 5.74) is 0.962. The van der Waals surface area contributed by atoms with Gasteiger partial charge in [-0.2, -0.15) is 0 Å². The van der Waals surface area contributed by atoms with Crippen LogP contribution in [0.3, 0.4) is 0 Å². The summed E-state index contributed by atoms with van der Waals surface area (Å²) in [5, 5.41) is 12.4. The summed E-state index contributed by atoms with van der Waals surface area (Å²) in [6.45, 7) is 0.700. The van der Waals surface area contributed by atoms with Crippen LogP contribution >= 0.6 is 0 Å². The van der Waals surface area contributed by atoms with Crippen molar-refractivity contribution in [1.29, 1.82) is 0 Å². The summed E-state index contributed by atoms with van der Waals surface area (Å²) >= 11 is 0. The highest BCUT2D eigenvalue weighted by Crippen LogP contribution is 2.24. The molecule has 2 aromatic rings. The third-order valence-corrected chi connectivity index (χ3v) is 3.93. The Kier molecular flexibility index (Phi) is 3.64. The highest BCUT2D eigenvalue weighted by Gasteiger charge is 2.25. The molecule has 1 aliphatic carbocycles. The van der Waals surface area contributed by atoms with Crippen molar-refractivity contribution < 1.29 is 9.90 Å². The summed E-state index contributed by atoms with van der Waals surface area (Å²) < 4.78 is 1.90. The maximum atomic E-state index is 10.9. The fourth-order valence-electron chi connectivity index (χ4n) is 2.76. The molecule has 6 nitrogen and oxygen atoms in total. The van der Waals surface area contributed by atoms with Gasteiger partial charge in [0.25, 0.3) is 0 Å². The Hall–Kier alpha value is -1.95. The summed E-state index contributed by atoms with van der Waals surface area (Å²) in [6, 6.07) is 2.27. The lowest BCUT2D eigenvalue weighted by molar-refractivity contribution is -0.142. The van der Waals surface area contributed by atoms with Crippen LogP contribution in [0, 0.1) is 5.92 Å². The minimum Gasteiger partial charge on any atom is -0.481 e. The van der Waals surface area contributed by atoms with Crippen molar-refractivity contribution in [3.05, 3.63) is 30.4 Å². The first kappa shape index (κ1) is 13.1. The molecule has 0 spiro atoms. The minimum atomic E-state index is -0.658. The van der Waals surface area contributed by atoms with Gasteiger partial charge in [-0.05, 0) is 31.7 Å². The van der Waals surface area contributed by atoms with E-state index < -0.39 is 5.97 Å². The van der Waals surface area contributed by atoms with E-state index in [-0.39, 0.29) is 5.92 Å². The van der Waals surface area contributed by atoms with Gasteiger partial charge in [-0.15, -0.1) is 0 Å². The molecule has 2 heterocycles. The Morgan fingerprint density at radius 1 is 1.40 bits per heavy atom.